The second-order valence-electron chi connectivity index (χ2n) is 5.96. The lowest BCUT2D eigenvalue weighted by atomic mass is 10.2. The minimum Gasteiger partial charge on any atom is -0.457 e. The van der Waals surface area contributed by atoms with E-state index in [1.165, 1.54) is 24.3 Å². The fourth-order valence-corrected chi connectivity index (χ4v) is 3.66. The van der Waals surface area contributed by atoms with Gasteiger partial charge in [0.15, 0.2) is 0 Å². The number of rotatable bonds is 7. The highest BCUT2D eigenvalue weighted by Gasteiger charge is 2.22. The van der Waals surface area contributed by atoms with E-state index in [-0.39, 0.29) is 18.5 Å². The maximum atomic E-state index is 12.3. The SMILES string of the molecule is O=C(OCc1ccccc1)c1ccc(OP(=O)(O)Cc2ccccc2)cc1. The molecule has 0 spiro atoms. The molecule has 138 valence electrons. The Hall–Kier alpha value is -2.88. The summed E-state index contributed by atoms with van der Waals surface area (Å²) in [5.41, 5.74) is 1.95. The van der Waals surface area contributed by atoms with Crippen LogP contribution < -0.4 is 4.52 Å². The van der Waals surface area contributed by atoms with Crippen molar-refractivity contribution in [3.05, 3.63) is 102 Å². The normalized spacial score (nSPS) is 12.8. The first-order valence-electron chi connectivity index (χ1n) is 8.38. The summed E-state index contributed by atoms with van der Waals surface area (Å²) in [5, 5.41) is 0. The highest BCUT2D eigenvalue weighted by atomic mass is 31.2. The summed E-state index contributed by atoms with van der Waals surface area (Å²) >= 11 is 0. The van der Waals surface area contributed by atoms with Crippen LogP contribution in [0.4, 0.5) is 0 Å². The Kier molecular flexibility index (Phi) is 6.07. The number of hydrogen-bond acceptors (Lipinski definition) is 4. The molecule has 3 rings (SSSR count). The Morgan fingerprint density at radius 2 is 1.37 bits per heavy atom. The Bertz CT molecular complexity index is 924. The molecule has 0 aromatic heterocycles. The van der Waals surface area contributed by atoms with Crippen molar-refractivity contribution in [2.24, 2.45) is 0 Å². The molecule has 27 heavy (non-hydrogen) atoms. The predicted octanol–water partition coefficient (Wildman–Crippen LogP) is 4.81. The van der Waals surface area contributed by atoms with E-state index in [2.05, 4.69) is 0 Å². The Labute approximate surface area is 157 Å². The highest BCUT2D eigenvalue weighted by molar-refractivity contribution is 7.52. The summed E-state index contributed by atoms with van der Waals surface area (Å²) in [6.07, 6.45) is -0.0886. The van der Waals surface area contributed by atoms with Crippen molar-refractivity contribution in [2.45, 2.75) is 12.8 Å². The monoisotopic (exact) mass is 382 g/mol. The van der Waals surface area contributed by atoms with Crippen LogP contribution in [0.2, 0.25) is 0 Å². The number of carbonyl (C=O) groups is 1. The molecule has 0 amide bonds. The molecule has 1 unspecified atom stereocenters. The van der Waals surface area contributed by atoms with Crippen LogP contribution in [0.1, 0.15) is 21.5 Å². The van der Waals surface area contributed by atoms with E-state index >= 15 is 0 Å². The van der Waals surface area contributed by atoms with Gasteiger partial charge in [-0.05, 0) is 35.4 Å². The molecule has 3 aromatic rings. The molecule has 0 heterocycles. The van der Waals surface area contributed by atoms with E-state index in [0.29, 0.717) is 11.1 Å². The van der Waals surface area contributed by atoms with Gasteiger partial charge in [-0.1, -0.05) is 60.7 Å². The van der Waals surface area contributed by atoms with Crippen molar-refractivity contribution >= 4 is 13.6 Å². The molecule has 0 saturated carbocycles. The third-order valence-electron chi connectivity index (χ3n) is 3.78. The maximum absolute atomic E-state index is 12.3. The predicted molar refractivity (Wildman–Crippen MR) is 103 cm³/mol. The van der Waals surface area contributed by atoms with Crippen molar-refractivity contribution in [3.63, 3.8) is 0 Å². The second-order valence-corrected chi connectivity index (χ2v) is 7.73. The van der Waals surface area contributed by atoms with E-state index in [0.717, 1.165) is 5.56 Å². The van der Waals surface area contributed by atoms with Gasteiger partial charge in [0.1, 0.15) is 12.4 Å². The largest absolute Gasteiger partial charge is 0.457 e. The second kappa shape index (κ2) is 8.67. The summed E-state index contributed by atoms with van der Waals surface area (Å²) in [7, 11) is -3.84. The van der Waals surface area contributed by atoms with Crippen LogP contribution in [0.25, 0.3) is 0 Å². The van der Waals surface area contributed by atoms with Gasteiger partial charge in [0.25, 0.3) is 0 Å². The van der Waals surface area contributed by atoms with Crippen LogP contribution >= 0.6 is 7.60 Å². The van der Waals surface area contributed by atoms with Gasteiger partial charge < -0.3 is 14.2 Å². The van der Waals surface area contributed by atoms with Gasteiger partial charge in [-0.3, -0.25) is 0 Å². The zero-order valence-corrected chi connectivity index (χ0v) is 15.4. The lowest BCUT2D eigenvalue weighted by Crippen LogP contribution is -2.05. The molecule has 0 saturated heterocycles. The smallest absolute Gasteiger partial charge is 0.380 e. The van der Waals surface area contributed by atoms with Gasteiger partial charge in [-0.25, -0.2) is 9.36 Å². The quantitative estimate of drug-likeness (QED) is 0.469. The average Bonchev–Trinajstić information content (AvgIpc) is 2.67. The minimum atomic E-state index is -3.84. The average molecular weight is 382 g/mol. The molecule has 0 radical (unpaired) electrons. The number of carbonyl (C=O) groups excluding carboxylic acids is 1. The Morgan fingerprint density at radius 3 is 1.96 bits per heavy atom. The van der Waals surface area contributed by atoms with Gasteiger partial charge in [-0.2, -0.15) is 0 Å². The zero-order valence-electron chi connectivity index (χ0n) is 14.5. The molecule has 0 fully saturated rings. The fraction of sp³-hybridized carbons (Fsp3) is 0.0952. The third kappa shape index (κ3) is 5.81. The third-order valence-corrected chi connectivity index (χ3v) is 5.04. The van der Waals surface area contributed by atoms with Crippen molar-refractivity contribution in [2.75, 3.05) is 0 Å². The molecule has 1 N–H and O–H groups in total. The van der Waals surface area contributed by atoms with Crippen LogP contribution in [0, 0.1) is 0 Å². The molecular formula is C21H19O5P. The molecule has 0 aliphatic heterocycles. The van der Waals surface area contributed by atoms with Crippen LogP contribution in [-0.4, -0.2) is 10.9 Å². The number of hydrogen-bond donors (Lipinski definition) is 1. The summed E-state index contributed by atoms with van der Waals surface area (Å²) < 4.78 is 22.8. The highest BCUT2D eigenvalue weighted by Crippen LogP contribution is 2.45. The van der Waals surface area contributed by atoms with E-state index < -0.39 is 13.6 Å². The molecule has 0 aliphatic carbocycles. The van der Waals surface area contributed by atoms with E-state index in [9.17, 15) is 14.3 Å². The molecule has 3 aromatic carbocycles. The van der Waals surface area contributed by atoms with Crippen LogP contribution in [-0.2, 0) is 22.1 Å². The van der Waals surface area contributed by atoms with Crippen LogP contribution in [0.15, 0.2) is 84.9 Å². The van der Waals surface area contributed by atoms with Gasteiger partial charge in [0, 0.05) is 0 Å². The number of benzene rings is 3. The molecule has 0 aliphatic rings. The molecule has 1 atom stereocenters. The first kappa shape index (κ1) is 18.9. The van der Waals surface area contributed by atoms with Gasteiger partial charge in [0.2, 0.25) is 0 Å². The van der Waals surface area contributed by atoms with E-state index in [4.69, 9.17) is 9.26 Å². The van der Waals surface area contributed by atoms with Crippen molar-refractivity contribution in [1.29, 1.82) is 0 Å². The number of esters is 1. The van der Waals surface area contributed by atoms with Crippen LogP contribution in [0.3, 0.4) is 0 Å². The summed E-state index contributed by atoms with van der Waals surface area (Å²) in [6, 6.07) is 24.3. The lowest BCUT2D eigenvalue weighted by Gasteiger charge is -2.13. The summed E-state index contributed by atoms with van der Waals surface area (Å²) in [6.45, 7) is 0.181. The van der Waals surface area contributed by atoms with Crippen molar-refractivity contribution in [3.8, 4) is 5.75 Å². The van der Waals surface area contributed by atoms with Gasteiger partial charge >= 0.3 is 13.6 Å². The van der Waals surface area contributed by atoms with Crippen LogP contribution in [0.5, 0.6) is 5.75 Å². The summed E-state index contributed by atoms with van der Waals surface area (Å²) in [5.74, 6) is -0.252. The maximum Gasteiger partial charge on any atom is 0.380 e. The first-order chi connectivity index (χ1) is 13.0. The standard InChI is InChI=1S/C21H19O5P/c22-21(25-15-17-7-3-1-4-8-17)19-11-13-20(14-12-19)26-27(23,24)16-18-9-5-2-6-10-18/h1-14H,15-16H2,(H,23,24). The van der Waals surface area contributed by atoms with Gasteiger partial charge in [0.05, 0.1) is 11.7 Å². The first-order valence-corrected chi connectivity index (χ1v) is 10.1. The van der Waals surface area contributed by atoms with E-state index in [1.807, 2.05) is 36.4 Å². The number of ether oxygens (including phenoxy) is 1. The summed E-state index contributed by atoms with van der Waals surface area (Å²) in [4.78, 5) is 22.1. The zero-order chi connectivity index (χ0) is 19.1. The van der Waals surface area contributed by atoms with Crippen molar-refractivity contribution in [1.82, 2.24) is 0 Å². The Morgan fingerprint density at radius 1 is 0.815 bits per heavy atom. The molecule has 0 bridgehead atoms. The lowest BCUT2D eigenvalue weighted by molar-refractivity contribution is 0.0472. The molecule has 5 nitrogen and oxygen atoms in total. The Balaban J connectivity index is 1.58. The van der Waals surface area contributed by atoms with E-state index in [1.54, 1.807) is 24.3 Å². The minimum absolute atomic E-state index is 0.0886. The molecular weight excluding hydrogens is 363 g/mol. The van der Waals surface area contributed by atoms with Crippen molar-refractivity contribution < 1.29 is 23.5 Å². The topological polar surface area (TPSA) is 72.8 Å². The van der Waals surface area contributed by atoms with Gasteiger partial charge in [-0.15, -0.1) is 0 Å². The molecule has 6 heteroatoms. The fourth-order valence-electron chi connectivity index (χ4n) is 2.47.